The highest BCUT2D eigenvalue weighted by Crippen LogP contribution is 2.25. The van der Waals surface area contributed by atoms with Crippen molar-refractivity contribution in [1.82, 2.24) is 14.6 Å². The molecule has 0 spiro atoms. The van der Waals surface area contributed by atoms with Gasteiger partial charge in [0.25, 0.3) is 5.56 Å². The number of benzene rings is 1. The molecule has 0 aliphatic heterocycles. The highest BCUT2D eigenvalue weighted by atomic mass is 32.2. The molecule has 0 aliphatic carbocycles. The Hall–Kier alpha value is -2.72. The minimum atomic E-state index is -0.229. The predicted molar refractivity (Wildman–Crippen MR) is 83.1 cm³/mol. The smallest absolute Gasteiger partial charge is 0.272 e. The fraction of sp³-hybridized carbons (Fsp3) is 0.133. The van der Waals surface area contributed by atoms with Gasteiger partial charge in [-0.25, -0.2) is 9.50 Å². The summed E-state index contributed by atoms with van der Waals surface area (Å²) in [6.45, 7) is 0. The Balaban J connectivity index is 1.87. The summed E-state index contributed by atoms with van der Waals surface area (Å²) in [5, 5.41) is 11.7. The second-order valence-electron chi connectivity index (χ2n) is 4.51. The summed E-state index contributed by atoms with van der Waals surface area (Å²) >= 11 is 1.55. The third kappa shape index (κ3) is 2.69. The third-order valence-electron chi connectivity index (χ3n) is 3.10. The lowest BCUT2D eigenvalue weighted by atomic mass is 10.3. The van der Waals surface area contributed by atoms with Crippen molar-refractivity contribution >= 4 is 17.4 Å². The van der Waals surface area contributed by atoms with Crippen molar-refractivity contribution in [3.8, 4) is 11.8 Å². The van der Waals surface area contributed by atoms with Crippen LogP contribution in [0.15, 0.2) is 46.2 Å². The second-order valence-corrected chi connectivity index (χ2v) is 5.56. The lowest BCUT2D eigenvalue weighted by Crippen LogP contribution is -2.15. The summed E-state index contributed by atoms with van der Waals surface area (Å²) in [5.74, 6) is 1.32. The van der Waals surface area contributed by atoms with E-state index in [-0.39, 0.29) is 5.56 Å². The Morgan fingerprint density at radius 3 is 3.09 bits per heavy atom. The molecule has 1 aromatic carbocycles. The Labute approximate surface area is 130 Å². The van der Waals surface area contributed by atoms with Crippen molar-refractivity contribution in [2.45, 2.75) is 10.6 Å². The van der Waals surface area contributed by atoms with Crippen LogP contribution in [-0.4, -0.2) is 21.7 Å². The van der Waals surface area contributed by atoms with Crippen molar-refractivity contribution in [1.29, 1.82) is 5.26 Å². The molecule has 0 fully saturated rings. The van der Waals surface area contributed by atoms with Gasteiger partial charge in [0.05, 0.1) is 12.8 Å². The zero-order valence-corrected chi connectivity index (χ0v) is 12.6. The van der Waals surface area contributed by atoms with Gasteiger partial charge in [-0.3, -0.25) is 9.89 Å². The summed E-state index contributed by atoms with van der Waals surface area (Å²) in [6, 6.07) is 11.2. The zero-order valence-electron chi connectivity index (χ0n) is 11.7. The number of H-pyrrole nitrogens is 1. The average Bonchev–Trinajstić information content (AvgIpc) is 2.96. The molecule has 0 bridgehead atoms. The monoisotopic (exact) mass is 312 g/mol. The molecule has 3 aromatic rings. The molecule has 0 unspecified atom stereocenters. The van der Waals surface area contributed by atoms with Crippen LogP contribution in [0.5, 0.6) is 5.75 Å². The van der Waals surface area contributed by atoms with Crippen LogP contribution >= 0.6 is 11.8 Å². The first kappa shape index (κ1) is 14.2. The molecule has 2 heterocycles. The summed E-state index contributed by atoms with van der Waals surface area (Å²) in [7, 11) is 1.62. The lowest BCUT2D eigenvalue weighted by molar-refractivity contribution is 0.413. The first-order valence-corrected chi connectivity index (χ1v) is 7.47. The van der Waals surface area contributed by atoms with E-state index in [0.29, 0.717) is 22.7 Å². The molecule has 0 radical (unpaired) electrons. The molecule has 22 heavy (non-hydrogen) atoms. The highest BCUT2D eigenvalue weighted by molar-refractivity contribution is 7.98. The van der Waals surface area contributed by atoms with Crippen LogP contribution in [0.2, 0.25) is 0 Å². The summed E-state index contributed by atoms with van der Waals surface area (Å²) < 4.78 is 6.44. The largest absolute Gasteiger partial charge is 0.497 e. The molecule has 7 heteroatoms. The van der Waals surface area contributed by atoms with Gasteiger partial charge in [-0.1, -0.05) is 6.07 Å². The molecule has 1 N–H and O–H groups in total. The van der Waals surface area contributed by atoms with Gasteiger partial charge >= 0.3 is 0 Å². The SMILES string of the molecule is COc1cccc(SCc2cc(=O)n3[nH]cc(C#N)c3n2)c1. The number of methoxy groups -OCH3 is 1. The van der Waals surface area contributed by atoms with Gasteiger partial charge in [-0.2, -0.15) is 5.26 Å². The Morgan fingerprint density at radius 2 is 2.32 bits per heavy atom. The number of fused-ring (bicyclic) bond motifs is 1. The number of hydrogen-bond acceptors (Lipinski definition) is 5. The standard InChI is InChI=1S/C15H12N4O2S/c1-21-12-3-2-4-13(6-12)22-9-11-5-14(20)19-15(18-11)10(7-16)8-17-19/h2-6,8,17H,9H2,1H3. The number of nitriles is 1. The van der Waals surface area contributed by atoms with Gasteiger partial charge in [0.15, 0.2) is 5.65 Å². The van der Waals surface area contributed by atoms with Crippen molar-refractivity contribution in [2.75, 3.05) is 7.11 Å². The number of aromatic nitrogens is 3. The zero-order chi connectivity index (χ0) is 15.5. The van der Waals surface area contributed by atoms with Gasteiger partial charge in [0.1, 0.15) is 17.4 Å². The molecule has 110 valence electrons. The Bertz CT molecular complexity index is 923. The molecular formula is C15H12N4O2S. The van der Waals surface area contributed by atoms with Crippen LogP contribution in [-0.2, 0) is 5.75 Å². The second kappa shape index (κ2) is 5.95. The molecule has 0 atom stereocenters. The van der Waals surface area contributed by atoms with Gasteiger partial charge < -0.3 is 4.74 Å². The number of ether oxygens (including phenoxy) is 1. The van der Waals surface area contributed by atoms with Crippen molar-refractivity contribution < 1.29 is 4.74 Å². The van der Waals surface area contributed by atoms with E-state index in [0.717, 1.165) is 10.6 Å². The number of hydrogen-bond donors (Lipinski definition) is 1. The number of aromatic amines is 1. The quantitative estimate of drug-likeness (QED) is 0.747. The van der Waals surface area contributed by atoms with Crippen LogP contribution in [0.1, 0.15) is 11.3 Å². The third-order valence-corrected chi connectivity index (χ3v) is 4.13. The van der Waals surface area contributed by atoms with Gasteiger partial charge in [-0.05, 0) is 18.2 Å². The number of nitrogens with one attached hydrogen (secondary N) is 1. The minimum Gasteiger partial charge on any atom is -0.497 e. The van der Waals surface area contributed by atoms with E-state index in [1.807, 2.05) is 30.3 Å². The molecule has 3 rings (SSSR count). The van der Waals surface area contributed by atoms with Crippen molar-refractivity contribution in [3.63, 3.8) is 0 Å². The van der Waals surface area contributed by atoms with E-state index in [1.165, 1.54) is 16.8 Å². The average molecular weight is 312 g/mol. The molecular weight excluding hydrogens is 300 g/mol. The molecule has 6 nitrogen and oxygen atoms in total. The minimum absolute atomic E-state index is 0.229. The maximum atomic E-state index is 12.0. The molecule has 0 saturated heterocycles. The van der Waals surface area contributed by atoms with E-state index >= 15 is 0 Å². The van der Waals surface area contributed by atoms with E-state index in [2.05, 4.69) is 10.1 Å². The fourth-order valence-electron chi connectivity index (χ4n) is 2.03. The Morgan fingerprint density at radius 1 is 1.45 bits per heavy atom. The molecule has 0 saturated carbocycles. The molecule has 0 amide bonds. The van der Waals surface area contributed by atoms with Crippen LogP contribution in [0.25, 0.3) is 5.65 Å². The van der Waals surface area contributed by atoms with Crippen molar-refractivity contribution in [2.24, 2.45) is 0 Å². The number of rotatable bonds is 4. The Kier molecular flexibility index (Phi) is 3.85. The van der Waals surface area contributed by atoms with Gasteiger partial charge in [0, 0.05) is 22.9 Å². The van der Waals surface area contributed by atoms with E-state index in [1.54, 1.807) is 18.9 Å². The van der Waals surface area contributed by atoms with E-state index in [9.17, 15) is 4.79 Å². The molecule has 2 aromatic heterocycles. The summed E-state index contributed by atoms with van der Waals surface area (Å²) in [6.07, 6.45) is 1.47. The van der Waals surface area contributed by atoms with Crippen molar-refractivity contribution in [3.05, 3.63) is 58.1 Å². The van der Waals surface area contributed by atoms with Crippen LogP contribution in [0.3, 0.4) is 0 Å². The maximum absolute atomic E-state index is 12.0. The van der Waals surface area contributed by atoms with Crippen LogP contribution < -0.4 is 10.3 Å². The predicted octanol–water partition coefficient (Wildman–Crippen LogP) is 2.20. The van der Waals surface area contributed by atoms with Crippen LogP contribution in [0, 0.1) is 11.3 Å². The topological polar surface area (TPSA) is 83.2 Å². The lowest BCUT2D eigenvalue weighted by Gasteiger charge is -2.04. The first-order chi connectivity index (χ1) is 10.7. The highest BCUT2D eigenvalue weighted by Gasteiger charge is 2.09. The van der Waals surface area contributed by atoms with Gasteiger partial charge in [-0.15, -0.1) is 11.8 Å². The number of nitrogens with zero attached hydrogens (tertiary/aromatic N) is 3. The number of thioether (sulfide) groups is 1. The fourth-order valence-corrected chi connectivity index (χ4v) is 2.87. The van der Waals surface area contributed by atoms with E-state index in [4.69, 9.17) is 10.00 Å². The normalized spacial score (nSPS) is 10.5. The van der Waals surface area contributed by atoms with Gasteiger partial charge in [0.2, 0.25) is 0 Å². The first-order valence-electron chi connectivity index (χ1n) is 6.48. The van der Waals surface area contributed by atoms with Crippen LogP contribution in [0.4, 0.5) is 0 Å². The summed E-state index contributed by atoms with van der Waals surface area (Å²) in [4.78, 5) is 17.4. The maximum Gasteiger partial charge on any atom is 0.272 e. The summed E-state index contributed by atoms with van der Waals surface area (Å²) in [5.41, 5.74) is 1.11. The van der Waals surface area contributed by atoms with E-state index < -0.39 is 0 Å². The molecule has 0 aliphatic rings.